The molecule has 0 spiro atoms. The summed E-state index contributed by atoms with van der Waals surface area (Å²) in [7, 11) is -3.62. The second kappa shape index (κ2) is 6.26. The van der Waals surface area contributed by atoms with Crippen LogP contribution in [0.4, 0.5) is 4.79 Å². The average Bonchev–Trinajstić information content (AvgIpc) is 2.79. The van der Waals surface area contributed by atoms with Crippen LogP contribution in [0.3, 0.4) is 0 Å². The van der Waals surface area contributed by atoms with Crippen molar-refractivity contribution >= 4 is 19.6 Å². The Labute approximate surface area is 121 Å². The van der Waals surface area contributed by atoms with E-state index >= 15 is 0 Å². The molecule has 0 saturated carbocycles. The Morgan fingerprint density at radius 3 is 2.62 bits per heavy atom. The topological polar surface area (TPSA) is 128 Å². The van der Waals surface area contributed by atoms with E-state index in [9.17, 15) is 14.2 Å². The third-order valence-electron chi connectivity index (χ3n) is 3.06. The SMILES string of the molecule is NP(N)(=O)N1CC[C@H](NC(=O)OCc2ccccc2)C1=O. The standard InChI is InChI=1S/C12H17N4O4P/c13-21(14,19)16-7-6-10(11(16)17)15-12(18)20-8-9-4-2-1-3-5-9/h1-5,10H,6-8H2,(H,15,18)(H4,13,14,19)/t10-/m0/s1. The molecular weight excluding hydrogens is 295 g/mol. The Bertz CT molecular complexity index is 574. The minimum absolute atomic E-state index is 0.101. The van der Waals surface area contributed by atoms with Gasteiger partial charge in [0.15, 0.2) is 0 Å². The fraction of sp³-hybridized carbons (Fsp3) is 0.333. The lowest BCUT2D eigenvalue weighted by Gasteiger charge is -2.20. The Kier molecular flexibility index (Phi) is 4.62. The Morgan fingerprint density at radius 1 is 1.38 bits per heavy atom. The van der Waals surface area contributed by atoms with Crippen molar-refractivity contribution in [2.45, 2.75) is 19.1 Å². The first kappa shape index (κ1) is 15.5. The van der Waals surface area contributed by atoms with Gasteiger partial charge in [0.1, 0.15) is 12.6 Å². The fourth-order valence-corrected chi connectivity index (χ4v) is 2.89. The van der Waals surface area contributed by atoms with Gasteiger partial charge in [0.05, 0.1) is 0 Å². The third-order valence-corrected chi connectivity index (χ3v) is 4.22. The van der Waals surface area contributed by atoms with E-state index in [1.165, 1.54) is 0 Å². The maximum Gasteiger partial charge on any atom is 0.408 e. The Morgan fingerprint density at radius 2 is 2.05 bits per heavy atom. The smallest absolute Gasteiger partial charge is 0.408 e. The number of nitrogens with one attached hydrogen (secondary N) is 1. The van der Waals surface area contributed by atoms with Gasteiger partial charge in [-0.15, -0.1) is 0 Å². The summed E-state index contributed by atoms with van der Waals surface area (Å²) in [6.45, 7) is 0.246. The summed E-state index contributed by atoms with van der Waals surface area (Å²) < 4.78 is 17.4. The quantitative estimate of drug-likeness (QED) is 0.696. The number of ether oxygens (including phenoxy) is 1. The molecule has 1 heterocycles. The maximum atomic E-state index is 11.9. The number of nitrogens with zero attached hydrogens (tertiary/aromatic N) is 1. The van der Waals surface area contributed by atoms with Gasteiger partial charge in [-0.1, -0.05) is 30.3 Å². The molecule has 8 nitrogen and oxygen atoms in total. The van der Waals surface area contributed by atoms with Gasteiger partial charge < -0.3 is 10.1 Å². The van der Waals surface area contributed by atoms with Crippen LogP contribution < -0.4 is 16.3 Å². The van der Waals surface area contributed by atoms with Gasteiger partial charge >= 0.3 is 13.7 Å². The predicted molar refractivity (Wildman–Crippen MR) is 75.9 cm³/mol. The molecule has 1 saturated heterocycles. The lowest BCUT2D eigenvalue weighted by Crippen LogP contribution is -2.42. The molecular formula is C12H17N4O4P. The van der Waals surface area contributed by atoms with E-state index in [-0.39, 0.29) is 19.6 Å². The average molecular weight is 312 g/mol. The molecule has 0 bridgehead atoms. The normalized spacial score (nSPS) is 18.7. The second-order valence-electron chi connectivity index (χ2n) is 4.68. The van der Waals surface area contributed by atoms with Crippen molar-refractivity contribution < 1.29 is 18.9 Å². The maximum absolute atomic E-state index is 11.9. The number of benzene rings is 1. The van der Waals surface area contributed by atoms with Gasteiger partial charge in [-0.3, -0.25) is 25.0 Å². The van der Waals surface area contributed by atoms with E-state index in [0.717, 1.165) is 10.2 Å². The van der Waals surface area contributed by atoms with Crippen LogP contribution in [-0.4, -0.2) is 29.3 Å². The number of carbonyl (C=O) groups excluding carboxylic acids is 2. The van der Waals surface area contributed by atoms with Crippen LogP contribution in [0.25, 0.3) is 0 Å². The van der Waals surface area contributed by atoms with Crippen LogP contribution in [0.2, 0.25) is 0 Å². The van der Waals surface area contributed by atoms with Crippen molar-refractivity contribution in [1.82, 2.24) is 9.99 Å². The first-order valence-corrected chi connectivity index (χ1v) is 8.14. The van der Waals surface area contributed by atoms with Crippen molar-refractivity contribution in [2.24, 2.45) is 11.0 Å². The third kappa shape index (κ3) is 4.04. The lowest BCUT2D eigenvalue weighted by molar-refractivity contribution is -0.125. The zero-order valence-electron chi connectivity index (χ0n) is 11.3. The molecule has 2 amide bonds. The van der Waals surface area contributed by atoms with E-state index in [1.807, 2.05) is 30.3 Å². The van der Waals surface area contributed by atoms with Crippen LogP contribution in [0.1, 0.15) is 12.0 Å². The van der Waals surface area contributed by atoms with Crippen LogP contribution in [0.15, 0.2) is 30.3 Å². The summed E-state index contributed by atoms with van der Waals surface area (Å²) in [5, 5.41) is 2.42. The number of nitrogens with two attached hydrogens (primary N) is 2. The van der Waals surface area contributed by atoms with Crippen molar-refractivity contribution in [1.29, 1.82) is 0 Å². The zero-order chi connectivity index (χ0) is 15.5. The summed E-state index contributed by atoms with van der Waals surface area (Å²) >= 11 is 0. The lowest BCUT2D eigenvalue weighted by atomic mass is 10.2. The molecule has 1 aromatic carbocycles. The molecule has 1 aromatic rings. The molecule has 5 N–H and O–H groups in total. The first-order chi connectivity index (χ1) is 9.88. The van der Waals surface area contributed by atoms with Crippen LogP contribution in [0.5, 0.6) is 0 Å². The summed E-state index contributed by atoms with van der Waals surface area (Å²) in [4.78, 5) is 23.5. The molecule has 1 atom stereocenters. The number of carbonyl (C=O) groups is 2. The highest BCUT2D eigenvalue weighted by Crippen LogP contribution is 2.35. The van der Waals surface area contributed by atoms with Gasteiger partial charge in [0, 0.05) is 6.54 Å². The van der Waals surface area contributed by atoms with E-state index < -0.39 is 25.6 Å². The summed E-state index contributed by atoms with van der Waals surface area (Å²) in [6, 6.07) is 8.33. The van der Waals surface area contributed by atoms with Crippen molar-refractivity contribution in [3.05, 3.63) is 35.9 Å². The minimum Gasteiger partial charge on any atom is -0.445 e. The summed E-state index contributed by atoms with van der Waals surface area (Å²) in [5.41, 5.74) is 11.3. The van der Waals surface area contributed by atoms with Crippen LogP contribution >= 0.6 is 7.59 Å². The highest BCUT2D eigenvalue weighted by molar-refractivity contribution is 7.57. The Hall–Kier alpha value is -1.89. The van der Waals surface area contributed by atoms with Gasteiger partial charge in [0.25, 0.3) is 5.91 Å². The molecule has 0 aromatic heterocycles. The van der Waals surface area contributed by atoms with Gasteiger partial charge in [-0.25, -0.2) is 4.79 Å². The molecule has 114 valence electrons. The molecule has 1 aliphatic heterocycles. The van der Waals surface area contributed by atoms with Gasteiger partial charge in [-0.2, -0.15) is 0 Å². The largest absolute Gasteiger partial charge is 0.445 e. The van der Waals surface area contributed by atoms with E-state index in [4.69, 9.17) is 15.7 Å². The number of hydrogen-bond acceptors (Lipinski definition) is 4. The van der Waals surface area contributed by atoms with E-state index in [0.29, 0.717) is 0 Å². The number of amides is 2. The number of hydrogen-bond donors (Lipinski definition) is 3. The summed E-state index contributed by atoms with van der Waals surface area (Å²) in [6.07, 6.45) is -0.430. The van der Waals surface area contributed by atoms with E-state index in [1.54, 1.807) is 0 Å². The first-order valence-electron chi connectivity index (χ1n) is 6.34. The van der Waals surface area contributed by atoms with Gasteiger partial charge in [0.2, 0.25) is 0 Å². The number of rotatable bonds is 4. The molecule has 0 aliphatic carbocycles. The van der Waals surface area contributed by atoms with Crippen molar-refractivity contribution in [2.75, 3.05) is 6.54 Å². The molecule has 1 fully saturated rings. The summed E-state index contributed by atoms with van der Waals surface area (Å²) in [5.74, 6) is -0.556. The van der Waals surface area contributed by atoms with Crippen molar-refractivity contribution in [3.63, 3.8) is 0 Å². The molecule has 0 unspecified atom stereocenters. The molecule has 1 aliphatic rings. The molecule has 0 radical (unpaired) electrons. The molecule has 2 rings (SSSR count). The van der Waals surface area contributed by atoms with Crippen LogP contribution in [-0.2, 0) is 20.7 Å². The highest BCUT2D eigenvalue weighted by Gasteiger charge is 2.39. The fourth-order valence-electron chi connectivity index (χ4n) is 2.02. The molecule has 21 heavy (non-hydrogen) atoms. The van der Waals surface area contributed by atoms with Crippen molar-refractivity contribution in [3.8, 4) is 0 Å². The van der Waals surface area contributed by atoms with E-state index in [2.05, 4.69) is 5.32 Å². The zero-order valence-corrected chi connectivity index (χ0v) is 12.2. The Balaban J connectivity index is 1.84. The van der Waals surface area contributed by atoms with Gasteiger partial charge in [-0.05, 0) is 12.0 Å². The number of alkyl carbamates (subject to hydrolysis) is 1. The highest BCUT2D eigenvalue weighted by atomic mass is 31.2. The molecule has 9 heteroatoms. The van der Waals surface area contributed by atoms with Crippen LogP contribution in [0, 0.1) is 0 Å². The second-order valence-corrected chi connectivity index (χ2v) is 6.51. The minimum atomic E-state index is -3.62. The monoisotopic (exact) mass is 312 g/mol. The predicted octanol–water partition coefficient (Wildman–Crippen LogP) is 0.539.